The molecule has 0 fully saturated rings. The van der Waals surface area contributed by atoms with Crippen LogP contribution in [-0.4, -0.2) is 20.1 Å². The Morgan fingerprint density at radius 2 is 2.15 bits per heavy atom. The fourth-order valence-corrected chi connectivity index (χ4v) is 1.48. The molecule has 74 valence electrons. The van der Waals surface area contributed by atoms with Gasteiger partial charge in [0.1, 0.15) is 5.69 Å². The van der Waals surface area contributed by atoms with Gasteiger partial charge >= 0.3 is 0 Å². The van der Waals surface area contributed by atoms with Crippen LogP contribution in [-0.2, 0) is 13.2 Å². The van der Waals surface area contributed by atoms with Crippen molar-refractivity contribution in [3.63, 3.8) is 0 Å². The average molecular weight is 183 g/mol. The molecule has 0 unspecified atom stereocenters. The second kappa shape index (κ2) is 4.37. The van der Waals surface area contributed by atoms with E-state index in [0.29, 0.717) is 11.6 Å². The summed E-state index contributed by atoms with van der Waals surface area (Å²) in [5, 5.41) is 17.0. The third kappa shape index (κ3) is 2.06. The van der Waals surface area contributed by atoms with Crippen LogP contribution in [0.15, 0.2) is 0 Å². The van der Waals surface area contributed by atoms with Gasteiger partial charge in [-0.15, -0.1) is 5.10 Å². The summed E-state index contributed by atoms with van der Waals surface area (Å²) in [6.45, 7) is 7.14. The lowest BCUT2D eigenvalue weighted by Gasteiger charge is -2.08. The maximum Gasteiger partial charge on any atom is 0.112 e. The molecule has 1 rings (SSSR count). The SMILES string of the molecule is CCCn1nnc(CO)c1C(C)C. The average Bonchev–Trinajstić information content (AvgIpc) is 2.48. The Labute approximate surface area is 78.6 Å². The zero-order valence-electron chi connectivity index (χ0n) is 8.49. The monoisotopic (exact) mass is 183 g/mol. The van der Waals surface area contributed by atoms with E-state index in [9.17, 15) is 0 Å². The second-order valence-electron chi connectivity index (χ2n) is 3.46. The maximum atomic E-state index is 9.03. The third-order valence-corrected chi connectivity index (χ3v) is 1.98. The van der Waals surface area contributed by atoms with E-state index in [-0.39, 0.29) is 6.61 Å². The van der Waals surface area contributed by atoms with Crippen LogP contribution in [0.4, 0.5) is 0 Å². The molecule has 0 amide bonds. The van der Waals surface area contributed by atoms with Crippen molar-refractivity contribution in [2.45, 2.75) is 46.3 Å². The quantitative estimate of drug-likeness (QED) is 0.765. The van der Waals surface area contributed by atoms with Gasteiger partial charge < -0.3 is 5.11 Å². The lowest BCUT2D eigenvalue weighted by atomic mass is 10.1. The highest BCUT2D eigenvalue weighted by atomic mass is 16.3. The van der Waals surface area contributed by atoms with Crippen molar-refractivity contribution >= 4 is 0 Å². The Morgan fingerprint density at radius 3 is 2.62 bits per heavy atom. The van der Waals surface area contributed by atoms with Crippen molar-refractivity contribution in [2.75, 3.05) is 0 Å². The molecule has 1 aromatic heterocycles. The van der Waals surface area contributed by atoms with Crippen LogP contribution in [0, 0.1) is 0 Å². The highest BCUT2D eigenvalue weighted by molar-refractivity contribution is 5.13. The topological polar surface area (TPSA) is 50.9 Å². The normalized spacial score (nSPS) is 11.2. The summed E-state index contributed by atoms with van der Waals surface area (Å²) in [6, 6.07) is 0. The zero-order valence-corrected chi connectivity index (χ0v) is 8.49. The highest BCUT2D eigenvalue weighted by Crippen LogP contribution is 2.17. The Balaban J connectivity index is 2.99. The summed E-state index contributed by atoms with van der Waals surface area (Å²) < 4.78 is 1.89. The second-order valence-corrected chi connectivity index (χ2v) is 3.46. The fourth-order valence-electron chi connectivity index (χ4n) is 1.48. The van der Waals surface area contributed by atoms with Crippen LogP contribution in [0.2, 0.25) is 0 Å². The molecule has 0 aliphatic carbocycles. The van der Waals surface area contributed by atoms with Crippen molar-refractivity contribution in [2.24, 2.45) is 0 Å². The molecule has 0 saturated carbocycles. The van der Waals surface area contributed by atoms with Gasteiger partial charge in [-0.2, -0.15) is 0 Å². The highest BCUT2D eigenvalue weighted by Gasteiger charge is 2.14. The molecule has 4 heteroatoms. The van der Waals surface area contributed by atoms with Crippen molar-refractivity contribution in [1.29, 1.82) is 0 Å². The van der Waals surface area contributed by atoms with Crippen molar-refractivity contribution in [1.82, 2.24) is 15.0 Å². The number of hydrogen-bond acceptors (Lipinski definition) is 3. The van der Waals surface area contributed by atoms with Crippen LogP contribution in [0.1, 0.15) is 44.5 Å². The maximum absolute atomic E-state index is 9.03. The molecule has 1 N–H and O–H groups in total. The minimum Gasteiger partial charge on any atom is -0.390 e. The Kier molecular flexibility index (Phi) is 3.42. The Hall–Kier alpha value is -0.900. The molecule has 1 aromatic rings. The summed E-state index contributed by atoms with van der Waals surface area (Å²) >= 11 is 0. The van der Waals surface area contributed by atoms with Gasteiger partial charge in [0.05, 0.1) is 12.3 Å². The molecule has 0 bridgehead atoms. The predicted octanol–water partition coefficient (Wildman–Crippen LogP) is 1.30. The van der Waals surface area contributed by atoms with E-state index in [1.807, 2.05) is 4.68 Å². The molecular formula is C9H17N3O. The van der Waals surface area contributed by atoms with Crippen molar-refractivity contribution in [3.8, 4) is 0 Å². The van der Waals surface area contributed by atoms with Gasteiger partial charge in [-0.05, 0) is 12.3 Å². The van der Waals surface area contributed by atoms with Crippen LogP contribution in [0.25, 0.3) is 0 Å². The van der Waals surface area contributed by atoms with Crippen LogP contribution in [0.3, 0.4) is 0 Å². The smallest absolute Gasteiger partial charge is 0.112 e. The predicted molar refractivity (Wildman–Crippen MR) is 50.3 cm³/mol. The first kappa shape index (κ1) is 10.2. The molecule has 4 nitrogen and oxygen atoms in total. The van der Waals surface area contributed by atoms with Crippen LogP contribution >= 0.6 is 0 Å². The molecule has 0 atom stereocenters. The lowest BCUT2D eigenvalue weighted by molar-refractivity contribution is 0.275. The minimum absolute atomic E-state index is 0.0166. The zero-order chi connectivity index (χ0) is 9.84. The minimum atomic E-state index is -0.0166. The first-order chi connectivity index (χ1) is 6.20. The molecule has 0 aliphatic heterocycles. The number of nitrogens with zero attached hydrogens (tertiary/aromatic N) is 3. The van der Waals surface area contributed by atoms with Crippen molar-refractivity contribution < 1.29 is 5.11 Å². The van der Waals surface area contributed by atoms with E-state index in [1.54, 1.807) is 0 Å². The summed E-state index contributed by atoms with van der Waals surface area (Å²) in [5.41, 5.74) is 1.77. The molecule has 1 heterocycles. The number of rotatable bonds is 4. The van der Waals surface area contributed by atoms with E-state index in [1.165, 1.54) is 0 Å². The first-order valence-electron chi connectivity index (χ1n) is 4.73. The van der Waals surface area contributed by atoms with Crippen LogP contribution < -0.4 is 0 Å². The molecule has 0 spiro atoms. The Morgan fingerprint density at radius 1 is 1.46 bits per heavy atom. The van der Waals surface area contributed by atoms with Gasteiger partial charge in [0.25, 0.3) is 0 Å². The number of aromatic nitrogens is 3. The first-order valence-corrected chi connectivity index (χ1v) is 4.73. The van der Waals surface area contributed by atoms with Gasteiger partial charge in [0.15, 0.2) is 0 Å². The molecule has 0 radical (unpaired) electrons. The van der Waals surface area contributed by atoms with E-state index in [0.717, 1.165) is 18.7 Å². The molecular weight excluding hydrogens is 166 g/mol. The lowest BCUT2D eigenvalue weighted by Crippen LogP contribution is -2.07. The van der Waals surface area contributed by atoms with Gasteiger partial charge in [-0.1, -0.05) is 26.0 Å². The molecule has 13 heavy (non-hydrogen) atoms. The molecule has 0 saturated heterocycles. The van der Waals surface area contributed by atoms with E-state index in [4.69, 9.17) is 5.11 Å². The number of aryl methyl sites for hydroxylation is 1. The van der Waals surface area contributed by atoms with E-state index in [2.05, 4.69) is 31.1 Å². The number of aliphatic hydroxyl groups is 1. The summed E-state index contributed by atoms with van der Waals surface area (Å²) in [6.07, 6.45) is 1.04. The summed E-state index contributed by atoms with van der Waals surface area (Å²) in [7, 11) is 0. The molecule has 0 aromatic carbocycles. The van der Waals surface area contributed by atoms with Crippen LogP contribution in [0.5, 0.6) is 0 Å². The third-order valence-electron chi connectivity index (χ3n) is 1.98. The molecule has 0 aliphatic rings. The Bertz CT molecular complexity index is 268. The van der Waals surface area contributed by atoms with Gasteiger partial charge in [0.2, 0.25) is 0 Å². The van der Waals surface area contributed by atoms with Gasteiger partial charge in [-0.25, -0.2) is 4.68 Å². The van der Waals surface area contributed by atoms with Crippen molar-refractivity contribution in [3.05, 3.63) is 11.4 Å². The fraction of sp³-hybridized carbons (Fsp3) is 0.778. The number of aliphatic hydroxyl groups excluding tert-OH is 1. The van der Waals surface area contributed by atoms with E-state index < -0.39 is 0 Å². The van der Waals surface area contributed by atoms with Gasteiger partial charge in [-0.3, -0.25) is 0 Å². The summed E-state index contributed by atoms with van der Waals surface area (Å²) in [4.78, 5) is 0. The standard InChI is InChI=1S/C9H17N3O/c1-4-5-12-9(7(2)3)8(6-13)10-11-12/h7,13H,4-6H2,1-3H3. The summed E-state index contributed by atoms with van der Waals surface area (Å²) in [5.74, 6) is 0.365. The number of hydrogen-bond donors (Lipinski definition) is 1. The van der Waals surface area contributed by atoms with E-state index >= 15 is 0 Å². The largest absolute Gasteiger partial charge is 0.390 e. The van der Waals surface area contributed by atoms with Gasteiger partial charge in [0, 0.05) is 6.54 Å².